The van der Waals surface area contributed by atoms with E-state index in [9.17, 15) is 0 Å². The Morgan fingerprint density at radius 3 is 1.10 bits per heavy atom. The summed E-state index contributed by atoms with van der Waals surface area (Å²) in [5.41, 5.74) is 5.29. The second kappa shape index (κ2) is 13.2. The molecule has 2 heterocycles. The lowest BCUT2D eigenvalue weighted by Gasteiger charge is -2.21. The lowest BCUT2D eigenvalue weighted by molar-refractivity contribution is 1.65. The Kier molecular flexibility index (Phi) is 9.66. The molecule has 0 saturated carbocycles. The third-order valence-corrected chi connectivity index (χ3v) is 17.0. The Labute approximate surface area is 270 Å². The standard InChI is InChI=1S/C32H26S8/c1-33-29-30(34-2)38-27(37-29)25(23-17-9-13-19-11-5-7-15-21(19)23)26(28-39-31(35-3)32(36-4)40-28)24-18-10-14-20-12-6-8-16-22(20)24/h5-18H,1-4H3. The third kappa shape index (κ3) is 5.60. The van der Waals surface area contributed by atoms with Gasteiger partial charge in [0.15, 0.2) is 0 Å². The van der Waals surface area contributed by atoms with E-state index in [-0.39, 0.29) is 0 Å². The summed E-state index contributed by atoms with van der Waals surface area (Å²) in [5, 5.41) is 5.14. The normalized spacial score (nSPS) is 15.7. The van der Waals surface area contributed by atoms with Gasteiger partial charge in [-0.05, 0) is 57.7 Å². The van der Waals surface area contributed by atoms with Gasteiger partial charge in [0.1, 0.15) is 0 Å². The molecule has 0 aliphatic carbocycles. The molecule has 40 heavy (non-hydrogen) atoms. The number of fused-ring (bicyclic) bond motifs is 2. The van der Waals surface area contributed by atoms with Crippen LogP contribution >= 0.6 is 94.1 Å². The van der Waals surface area contributed by atoms with Crippen LogP contribution in [0.3, 0.4) is 0 Å². The third-order valence-electron chi connectivity index (χ3n) is 6.59. The van der Waals surface area contributed by atoms with E-state index in [0.29, 0.717) is 0 Å². The molecule has 8 heteroatoms. The molecule has 2 aliphatic heterocycles. The number of hydrogen-bond acceptors (Lipinski definition) is 8. The van der Waals surface area contributed by atoms with Crippen LogP contribution in [0.5, 0.6) is 0 Å². The molecule has 4 aromatic rings. The van der Waals surface area contributed by atoms with E-state index in [4.69, 9.17) is 0 Å². The fraction of sp³-hybridized carbons (Fsp3) is 0.125. The first kappa shape index (κ1) is 29.2. The van der Waals surface area contributed by atoms with Gasteiger partial charge >= 0.3 is 0 Å². The topological polar surface area (TPSA) is 0 Å². The quantitative estimate of drug-likeness (QED) is 0.189. The highest BCUT2D eigenvalue weighted by Crippen LogP contribution is 2.64. The highest BCUT2D eigenvalue weighted by molar-refractivity contribution is 8.41. The van der Waals surface area contributed by atoms with Crippen LogP contribution in [0.1, 0.15) is 11.1 Å². The van der Waals surface area contributed by atoms with Crippen molar-refractivity contribution >= 4 is 127 Å². The van der Waals surface area contributed by atoms with E-state index in [1.54, 1.807) is 0 Å². The van der Waals surface area contributed by atoms with Gasteiger partial charge in [0, 0.05) is 11.1 Å². The van der Waals surface area contributed by atoms with Crippen LogP contribution in [0.15, 0.2) is 110 Å². The molecule has 4 aromatic carbocycles. The maximum absolute atomic E-state index is 2.33. The largest absolute Gasteiger partial charge is 0.121 e. The van der Waals surface area contributed by atoms with Crippen LogP contribution in [0, 0.1) is 0 Å². The van der Waals surface area contributed by atoms with Crippen molar-refractivity contribution < 1.29 is 0 Å². The zero-order valence-corrected chi connectivity index (χ0v) is 28.9. The van der Waals surface area contributed by atoms with E-state index in [0.717, 1.165) is 0 Å². The van der Waals surface area contributed by atoms with Crippen LogP contribution in [0.2, 0.25) is 0 Å². The molecule has 0 atom stereocenters. The summed E-state index contributed by atoms with van der Waals surface area (Å²) in [6.45, 7) is 0. The van der Waals surface area contributed by atoms with E-state index < -0.39 is 0 Å². The summed E-state index contributed by atoms with van der Waals surface area (Å²) >= 11 is 15.2. The van der Waals surface area contributed by atoms with Crippen molar-refractivity contribution in [3.63, 3.8) is 0 Å². The van der Waals surface area contributed by atoms with Crippen LogP contribution in [0.4, 0.5) is 0 Å². The zero-order chi connectivity index (χ0) is 27.6. The van der Waals surface area contributed by atoms with Crippen molar-refractivity contribution in [2.75, 3.05) is 25.0 Å². The van der Waals surface area contributed by atoms with Crippen LogP contribution in [-0.2, 0) is 0 Å². The highest BCUT2D eigenvalue weighted by atomic mass is 32.3. The molecule has 0 amide bonds. The Morgan fingerprint density at radius 1 is 0.425 bits per heavy atom. The minimum atomic E-state index is 1.27. The predicted octanol–water partition coefficient (Wildman–Crippen LogP) is 12.7. The van der Waals surface area contributed by atoms with E-state index in [1.165, 1.54) is 69.2 Å². The van der Waals surface area contributed by atoms with E-state index in [2.05, 4.69) is 110 Å². The Morgan fingerprint density at radius 2 is 0.750 bits per heavy atom. The van der Waals surface area contributed by atoms with Crippen LogP contribution in [-0.4, -0.2) is 25.0 Å². The minimum absolute atomic E-state index is 1.27. The van der Waals surface area contributed by atoms with Crippen LogP contribution < -0.4 is 0 Å². The first-order chi connectivity index (χ1) is 19.7. The average molecular weight is 667 g/mol. The molecule has 0 saturated heterocycles. The first-order valence-electron chi connectivity index (χ1n) is 12.5. The maximum Gasteiger partial charge on any atom is 0.0657 e. The summed E-state index contributed by atoms with van der Waals surface area (Å²) in [4.78, 5) is 0. The lowest BCUT2D eigenvalue weighted by atomic mass is 9.89. The van der Waals surface area contributed by atoms with Gasteiger partial charge in [-0.2, -0.15) is 0 Å². The van der Waals surface area contributed by atoms with Crippen molar-refractivity contribution in [2.45, 2.75) is 0 Å². The van der Waals surface area contributed by atoms with Crippen molar-refractivity contribution in [1.82, 2.24) is 0 Å². The molecule has 0 nitrogen and oxygen atoms in total. The second-order valence-electron chi connectivity index (χ2n) is 8.75. The molecule has 0 fully saturated rings. The number of allylic oxidation sites excluding steroid dienone is 2. The van der Waals surface area contributed by atoms with Crippen molar-refractivity contribution in [1.29, 1.82) is 0 Å². The smallest absolute Gasteiger partial charge is 0.0657 e. The second-order valence-corrected chi connectivity index (χ2v) is 17.7. The molecule has 0 unspecified atom stereocenters. The maximum atomic E-state index is 2.33. The molecule has 2 aliphatic rings. The van der Waals surface area contributed by atoms with Crippen LogP contribution in [0.25, 0.3) is 32.7 Å². The van der Waals surface area contributed by atoms with Gasteiger partial charge in [0.25, 0.3) is 0 Å². The fourth-order valence-corrected chi connectivity index (χ4v) is 15.1. The minimum Gasteiger partial charge on any atom is -0.121 e. The van der Waals surface area contributed by atoms with E-state index >= 15 is 0 Å². The highest BCUT2D eigenvalue weighted by Gasteiger charge is 2.32. The fourth-order valence-electron chi connectivity index (χ4n) is 4.83. The van der Waals surface area contributed by atoms with Crippen molar-refractivity contribution in [3.8, 4) is 0 Å². The van der Waals surface area contributed by atoms with Crippen molar-refractivity contribution in [2.24, 2.45) is 0 Å². The number of thioether (sulfide) groups is 8. The molecule has 0 radical (unpaired) electrons. The van der Waals surface area contributed by atoms with Gasteiger partial charge in [-0.3, -0.25) is 0 Å². The Bertz CT molecular complexity index is 1570. The molecule has 0 bridgehead atoms. The number of hydrogen-bond donors (Lipinski definition) is 0. The average Bonchev–Trinajstić information content (AvgIpc) is 3.63. The van der Waals surface area contributed by atoms with Gasteiger partial charge in [0.2, 0.25) is 0 Å². The molecule has 0 spiro atoms. The summed E-state index contributed by atoms with van der Waals surface area (Å²) in [6, 6.07) is 31.2. The molecular weight excluding hydrogens is 641 g/mol. The molecule has 202 valence electrons. The summed E-state index contributed by atoms with van der Waals surface area (Å²) < 4.78 is 8.31. The van der Waals surface area contributed by atoms with E-state index in [1.807, 2.05) is 94.1 Å². The molecule has 6 rings (SSSR count). The van der Waals surface area contributed by atoms with Gasteiger partial charge in [-0.1, -0.05) is 132 Å². The predicted molar refractivity (Wildman–Crippen MR) is 200 cm³/mol. The molecular formula is C32H26S8. The van der Waals surface area contributed by atoms with Gasteiger partial charge in [-0.25, -0.2) is 0 Å². The first-order valence-corrected chi connectivity index (χ1v) is 20.6. The number of benzene rings is 4. The number of rotatable bonds is 7. The van der Waals surface area contributed by atoms with Gasteiger partial charge < -0.3 is 0 Å². The summed E-state index contributed by atoms with van der Waals surface area (Å²) in [6.07, 6.45) is 8.80. The SMILES string of the molecule is CSC1=C(SC)SC(=C(C(=C2SC(SC)=C(SC)S2)c2cccc3ccccc23)c2cccc3ccccc23)S1. The zero-order valence-electron chi connectivity index (χ0n) is 22.3. The van der Waals surface area contributed by atoms with Gasteiger partial charge in [0.05, 0.1) is 25.4 Å². The summed E-state index contributed by atoms with van der Waals surface area (Å²) in [5.74, 6) is 0. The van der Waals surface area contributed by atoms with Gasteiger partial charge in [-0.15, -0.1) is 47.0 Å². The monoisotopic (exact) mass is 666 g/mol. The Hall–Kier alpha value is -0.840. The Balaban J connectivity index is 1.71. The molecule has 0 aromatic heterocycles. The lowest BCUT2D eigenvalue weighted by Crippen LogP contribution is -1.97. The summed E-state index contributed by atoms with van der Waals surface area (Å²) in [7, 11) is 0. The molecule has 0 N–H and O–H groups in total. The van der Waals surface area contributed by atoms with Crippen molar-refractivity contribution in [3.05, 3.63) is 121 Å².